The SMILES string of the molecule is CCOC(=O)c1c(-c2ccccc2)[nH]c2ccc(O)c(CN3CCCCC3)c12. The Morgan fingerprint density at radius 3 is 2.57 bits per heavy atom. The van der Waals surface area contributed by atoms with Gasteiger partial charge in [-0.2, -0.15) is 0 Å². The molecule has 28 heavy (non-hydrogen) atoms. The fourth-order valence-corrected chi connectivity index (χ4v) is 4.08. The molecule has 0 unspecified atom stereocenters. The third kappa shape index (κ3) is 3.50. The van der Waals surface area contributed by atoms with E-state index in [1.54, 1.807) is 13.0 Å². The molecule has 5 nitrogen and oxygen atoms in total. The quantitative estimate of drug-likeness (QED) is 0.632. The van der Waals surface area contributed by atoms with E-state index in [0.717, 1.165) is 40.8 Å². The lowest BCUT2D eigenvalue weighted by Crippen LogP contribution is -2.29. The number of piperidine rings is 1. The number of fused-ring (bicyclic) bond motifs is 1. The van der Waals surface area contributed by atoms with Crippen LogP contribution < -0.4 is 0 Å². The predicted octanol–water partition coefficient (Wildman–Crippen LogP) is 4.70. The summed E-state index contributed by atoms with van der Waals surface area (Å²) in [5.41, 5.74) is 3.79. The highest BCUT2D eigenvalue weighted by molar-refractivity contribution is 6.11. The lowest BCUT2D eigenvalue weighted by Gasteiger charge is -2.27. The number of aromatic hydroxyl groups is 1. The van der Waals surface area contributed by atoms with Gasteiger partial charge in [0.1, 0.15) is 5.75 Å². The highest BCUT2D eigenvalue weighted by atomic mass is 16.5. The summed E-state index contributed by atoms with van der Waals surface area (Å²) in [6, 6.07) is 13.3. The molecule has 1 aliphatic heterocycles. The van der Waals surface area contributed by atoms with Gasteiger partial charge in [-0.05, 0) is 50.6 Å². The summed E-state index contributed by atoms with van der Waals surface area (Å²) in [5, 5.41) is 11.4. The Bertz CT molecular complexity index is 972. The van der Waals surface area contributed by atoms with E-state index in [1.165, 1.54) is 19.3 Å². The van der Waals surface area contributed by atoms with Crippen molar-refractivity contribution in [3.05, 3.63) is 53.6 Å². The van der Waals surface area contributed by atoms with Crippen LogP contribution in [0.1, 0.15) is 42.1 Å². The second kappa shape index (κ2) is 8.07. The van der Waals surface area contributed by atoms with Crippen LogP contribution in [0.4, 0.5) is 0 Å². The van der Waals surface area contributed by atoms with Crippen molar-refractivity contribution in [2.45, 2.75) is 32.7 Å². The second-order valence-electron chi connectivity index (χ2n) is 7.28. The number of esters is 1. The van der Waals surface area contributed by atoms with Crippen molar-refractivity contribution in [1.29, 1.82) is 0 Å². The van der Waals surface area contributed by atoms with Gasteiger partial charge in [0.25, 0.3) is 0 Å². The van der Waals surface area contributed by atoms with Gasteiger partial charge in [-0.1, -0.05) is 36.8 Å². The second-order valence-corrected chi connectivity index (χ2v) is 7.28. The number of nitrogens with zero attached hydrogens (tertiary/aromatic N) is 1. The summed E-state index contributed by atoms with van der Waals surface area (Å²) in [4.78, 5) is 18.7. The molecule has 1 fully saturated rings. The van der Waals surface area contributed by atoms with E-state index in [1.807, 2.05) is 36.4 Å². The minimum Gasteiger partial charge on any atom is -0.508 e. The molecule has 5 heteroatoms. The van der Waals surface area contributed by atoms with Gasteiger partial charge < -0.3 is 14.8 Å². The number of aromatic nitrogens is 1. The molecule has 0 spiro atoms. The molecular formula is C23H26N2O3. The van der Waals surface area contributed by atoms with Gasteiger partial charge in [-0.25, -0.2) is 4.79 Å². The maximum absolute atomic E-state index is 12.9. The number of nitrogens with one attached hydrogen (secondary N) is 1. The van der Waals surface area contributed by atoms with Crippen LogP contribution in [0.15, 0.2) is 42.5 Å². The maximum atomic E-state index is 12.9. The third-order valence-electron chi connectivity index (χ3n) is 5.42. The van der Waals surface area contributed by atoms with Crippen molar-refractivity contribution in [2.24, 2.45) is 0 Å². The number of hydrogen-bond donors (Lipinski definition) is 2. The number of hydrogen-bond acceptors (Lipinski definition) is 4. The van der Waals surface area contributed by atoms with Gasteiger partial charge in [-0.3, -0.25) is 4.90 Å². The number of phenols is 1. The van der Waals surface area contributed by atoms with Crippen LogP contribution in [0.25, 0.3) is 22.2 Å². The monoisotopic (exact) mass is 378 g/mol. The van der Waals surface area contributed by atoms with E-state index >= 15 is 0 Å². The van der Waals surface area contributed by atoms with E-state index in [9.17, 15) is 9.90 Å². The van der Waals surface area contributed by atoms with Gasteiger partial charge in [0.15, 0.2) is 0 Å². The number of ether oxygens (including phenoxy) is 1. The van der Waals surface area contributed by atoms with Crippen LogP contribution in [-0.4, -0.2) is 40.7 Å². The van der Waals surface area contributed by atoms with E-state index in [-0.39, 0.29) is 11.7 Å². The van der Waals surface area contributed by atoms with E-state index < -0.39 is 0 Å². The summed E-state index contributed by atoms with van der Waals surface area (Å²) in [6.45, 7) is 4.77. The highest BCUT2D eigenvalue weighted by Crippen LogP contribution is 2.37. The Labute approximate surface area is 164 Å². The Morgan fingerprint density at radius 1 is 1.11 bits per heavy atom. The van der Waals surface area contributed by atoms with Crippen LogP contribution in [0.2, 0.25) is 0 Å². The molecular weight excluding hydrogens is 352 g/mol. The zero-order chi connectivity index (χ0) is 19.5. The lowest BCUT2D eigenvalue weighted by atomic mass is 10.00. The summed E-state index contributed by atoms with van der Waals surface area (Å²) < 4.78 is 5.39. The summed E-state index contributed by atoms with van der Waals surface area (Å²) in [5.74, 6) is -0.139. The highest BCUT2D eigenvalue weighted by Gasteiger charge is 2.25. The number of carbonyl (C=O) groups excluding carboxylic acids is 1. The van der Waals surface area contributed by atoms with Gasteiger partial charge in [0.2, 0.25) is 0 Å². The first-order valence-electron chi connectivity index (χ1n) is 10.0. The first-order valence-corrected chi connectivity index (χ1v) is 10.0. The van der Waals surface area contributed by atoms with Crippen LogP contribution in [-0.2, 0) is 11.3 Å². The van der Waals surface area contributed by atoms with Gasteiger partial charge >= 0.3 is 5.97 Å². The average Bonchev–Trinajstić information content (AvgIpc) is 3.12. The van der Waals surface area contributed by atoms with Crippen molar-refractivity contribution >= 4 is 16.9 Å². The molecule has 4 rings (SSSR count). The van der Waals surface area contributed by atoms with Crippen molar-refractivity contribution < 1.29 is 14.6 Å². The molecule has 0 aliphatic carbocycles. The standard InChI is InChI=1S/C23H26N2O3/c1-2-28-23(27)21-20-17(15-25-13-7-4-8-14-25)19(26)12-11-18(20)24-22(21)16-9-5-3-6-10-16/h3,5-6,9-12,24,26H,2,4,7-8,13-15H2,1H3. The third-order valence-corrected chi connectivity index (χ3v) is 5.42. The fourth-order valence-electron chi connectivity index (χ4n) is 4.08. The minimum absolute atomic E-state index is 0.224. The number of likely N-dealkylation sites (tertiary alicyclic amines) is 1. The van der Waals surface area contributed by atoms with Crippen LogP contribution in [0.5, 0.6) is 5.75 Å². The van der Waals surface area contributed by atoms with Crippen LogP contribution >= 0.6 is 0 Å². The largest absolute Gasteiger partial charge is 0.508 e. The summed E-state index contributed by atoms with van der Waals surface area (Å²) in [7, 11) is 0. The minimum atomic E-state index is -0.363. The summed E-state index contributed by atoms with van der Waals surface area (Å²) in [6.07, 6.45) is 3.59. The average molecular weight is 378 g/mol. The van der Waals surface area contributed by atoms with Crippen molar-refractivity contribution in [3.63, 3.8) is 0 Å². The van der Waals surface area contributed by atoms with Crippen molar-refractivity contribution in [1.82, 2.24) is 9.88 Å². The predicted molar refractivity (Wildman–Crippen MR) is 110 cm³/mol. The molecule has 2 aromatic carbocycles. The van der Waals surface area contributed by atoms with E-state index in [0.29, 0.717) is 18.7 Å². The van der Waals surface area contributed by atoms with E-state index in [4.69, 9.17) is 4.74 Å². The number of aromatic amines is 1. The number of benzene rings is 2. The molecule has 1 aliphatic rings. The van der Waals surface area contributed by atoms with Gasteiger partial charge in [-0.15, -0.1) is 0 Å². The lowest BCUT2D eigenvalue weighted by molar-refractivity contribution is 0.0529. The van der Waals surface area contributed by atoms with Gasteiger partial charge in [0.05, 0.1) is 17.9 Å². The fraction of sp³-hybridized carbons (Fsp3) is 0.348. The number of carbonyl (C=O) groups is 1. The number of phenolic OH excluding ortho intramolecular Hbond substituents is 1. The van der Waals surface area contributed by atoms with E-state index in [2.05, 4.69) is 9.88 Å². The molecule has 0 radical (unpaired) electrons. The first-order chi connectivity index (χ1) is 13.7. The number of H-pyrrole nitrogens is 1. The summed E-state index contributed by atoms with van der Waals surface area (Å²) >= 11 is 0. The molecule has 0 amide bonds. The van der Waals surface area contributed by atoms with Crippen LogP contribution in [0.3, 0.4) is 0 Å². The maximum Gasteiger partial charge on any atom is 0.340 e. The van der Waals surface area contributed by atoms with Crippen molar-refractivity contribution in [2.75, 3.05) is 19.7 Å². The smallest absolute Gasteiger partial charge is 0.340 e. The Morgan fingerprint density at radius 2 is 1.86 bits per heavy atom. The van der Waals surface area contributed by atoms with Crippen molar-refractivity contribution in [3.8, 4) is 17.0 Å². The molecule has 2 heterocycles. The first kappa shape index (κ1) is 18.6. The molecule has 2 N–H and O–H groups in total. The topological polar surface area (TPSA) is 65.6 Å². The zero-order valence-electron chi connectivity index (χ0n) is 16.2. The number of rotatable bonds is 5. The molecule has 1 saturated heterocycles. The molecule has 1 aromatic heterocycles. The Balaban J connectivity index is 1.90. The van der Waals surface area contributed by atoms with Crippen LogP contribution in [0, 0.1) is 0 Å². The molecule has 146 valence electrons. The molecule has 0 bridgehead atoms. The molecule has 3 aromatic rings. The molecule has 0 saturated carbocycles. The molecule has 0 atom stereocenters. The Hall–Kier alpha value is -2.79. The Kier molecular flexibility index (Phi) is 5.35. The van der Waals surface area contributed by atoms with Gasteiger partial charge in [0, 0.05) is 23.0 Å². The normalized spacial score (nSPS) is 15.0. The zero-order valence-corrected chi connectivity index (χ0v) is 16.2.